The third-order valence-electron chi connectivity index (χ3n) is 5.28. The van der Waals surface area contributed by atoms with Gasteiger partial charge < -0.3 is 10.2 Å². The summed E-state index contributed by atoms with van der Waals surface area (Å²) in [4.78, 5) is 26.5. The lowest BCUT2D eigenvalue weighted by molar-refractivity contribution is -0.129. The summed E-state index contributed by atoms with van der Waals surface area (Å²) in [5.74, 6) is -0.544. The van der Waals surface area contributed by atoms with E-state index in [1.807, 2.05) is 6.07 Å². The molecule has 1 N–H and O–H groups in total. The van der Waals surface area contributed by atoms with Crippen LogP contribution in [0.15, 0.2) is 35.2 Å². The van der Waals surface area contributed by atoms with Crippen LogP contribution in [-0.2, 0) is 21.9 Å². The van der Waals surface area contributed by atoms with Gasteiger partial charge in [0.15, 0.2) is 0 Å². The summed E-state index contributed by atoms with van der Waals surface area (Å²) in [5, 5.41) is 6.84. The zero-order chi connectivity index (χ0) is 21.9. The third-order valence-corrected chi connectivity index (χ3v) is 7.44. The Balaban J connectivity index is 1.62. The molecule has 1 aliphatic rings. The van der Waals surface area contributed by atoms with Crippen molar-refractivity contribution in [1.29, 1.82) is 0 Å². The summed E-state index contributed by atoms with van der Waals surface area (Å²) in [6.07, 6.45) is 0.524. The zero-order valence-electron chi connectivity index (χ0n) is 17.5. The van der Waals surface area contributed by atoms with Gasteiger partial charge in [0.05, 0.1) is 17.9 Å². The molecule has 2 amide bonds. The second-order valence-electron chi connectivity index (χ2n) is 7.31. The summed E-state index contributed by atoms with van der Waals surface area (Å²) in [6, 6.07) is 8.68. The first-order valence-corrected chi connectivity index (χ1v) is 11.3. The average molecular weight is 434 g/mol. The standard InChI is InChI=1S/C20H27N5O4S/c1-15-19(16(2)23(3)22-15)30(28,29)25-11-7-10-24(12-13-25)18(26)14-21-20(27)17-8-5-4-6-9-17/h4-6,8-9H,7,10-14H2,1-3H3,(H,21,27). The van der Waals surface area contributed by atoms with Crippen LogP contribution in [0.1, 0.15) is 28.2 Å². The van der Waals surface area contributed by atoms with Crippen LogP contribution in [-0.4, -0.2) is 71.9 Å². The van der Waals surface area contributed by atoms with E-state index in [1.165, 1.54) is 4.31 Å². The highest BCUT2D eigenvalue weighted by Gasteiger charge is 2.32. The Bertz CT molecular complexity index is 1030. The highest BCUT2D eigenvalue weighted by Crippen LogP contribution is 2.24. The highest BCUT2D eigenvalue weighted by atomic mass is 32.2. The molecule has 0 bridgehead atoms. The lowest BCUT2D eigenvalue weighted by atomic mass is 10.2. The third kappa shape index (κ3) is 4.54. The second kappa shape index (κ2) is 8.97. The number of hydrogen-bond donors (Lipinski definition) is 1. The smallest absolute Gasteiger partial charge is 0.251 e. The summed E-state index contributed by atoms with van der Waals surface area (Å²) >= 11 is 0. The number of amides is 2. The van der Waals surface area contributed by atoms with Gasteiger partial charge in [0.2, 0.25) is 15.9 Å². The largest absolute Gasteiger partial charge is 0.343 e. The first-order valence-electron chi connectivity index (χ1n) is 9.83. The van der Waals surface area contributed by atoms with Crippen LogP contribution in [0.3, 0.4) is 0 Å². The van der Waals surface area contributed by atoms with Crippen molar-refractivity contribution >= 4 is 21.8 Å². The molecular weight excluding hydrogens is 406 g/mol. The van der Waals surface area contributed by atoms with Crippen molar-refractivity contribution in [3.63, 3.8) is 0 Å². The van der Waals surface area contributed by atoms with E-state index < -0.39 is 10.0 Å². The van der Waals surface area contributed by atoms with Gasteiger partial charge in [0, 0.05) is 38.8 Å². The Morgan fingerprint density at radius 3 is 2.40 bits per heavy atom. The Labute approximate surface area is 176 Å². The van der Waals surface area contributed by atoms with Crippen LogP contribution in [0, 0.1) is 13.8 Å². The Morgan fingerprint density at radius 2 is 1.77 bits per heavy atom. The van der Waals surface area contributed by atoms with Crippen molar-refractivity contribution in [3.8, 4) is 0 Å². The Morgan fingerprint density at radius 1 is 1.07 bits per heavy atom. The minimum absolute atomic E-state index is 0.124. The van der Waals surface area contributed by atoms with Crippen LogP contribution < -0.4 is 5.32 Å². The molecule has 2 heterocycles. The van der Waals surface area contributed by atoms with Crippen molar-refractivity contribution in [2.24, 2.45) is 7.05 Å². The van der Waals surface area contributed by atoms with Crippen molar-refractivity contribution in [3.05, 3.63) is 47.3 Å². The summed E-state index contributed by atoms with van der Waals surface area (Å²) < 4.78 is 29.3. The summed E-state index contributed by atoms with van der Waals surface area (Å²) in [6.45, 7) is 4.54. The lowest BCUT2D eigenvalue weighted by Crippen LogP contribution is -2.42. The van der Waals surface area contributed by atoms with Crippen molar-refractivity contribution in [2.75, 3.05) is 32.7 Å². The van der Waals surface area contributed by atoms with E-state index in [2.05, 4.69) is 10.4 Å². The molecule has 0 spiro atoms. The molecule has 1 aromatic carbocycles. The van der Waals surface area contributed by atoms with Gasteiger partial charge >= 0.3 is 0 Å². The van der Waals surface area contributed by atoms with Gasteiger partial charge in [-0.3, -0.25) is 14.3 Å². The quantitative estimate of drug-likeness (QED) is 0.747. The maximum absolute atomic E-state index is 13.2. The second-order valence-corrected chi connectivity index (χ2v) is 9.19. The number of sulfonamides is 1. The number of benzene rings is 1. The van der Waals surface area contributed by atoms with Crippen molar-refractivity contribution in [1.82, 2.24) is 24.3 Å². The number of aryl methyl sites for hydroxylation is 2. The Hall–Kier alpha value is -2.72. The predicted molar refractivity (Wildman–Crippen MR) is 111 cm³/mol. The fourth-order valence-corrected chi connectivity index (χ4v) is 5.47. The molecule has 9 nitrogen and oxygen atoms in total. The van der Waals surface area contributed by atoms with E-state index >= 15 is 0 Å². The van der Waals surface area contributed by atoms with Crippen LogP contribution in [0.5, 0.6) is 0 Å². The summed E-state index contributed by atoms with van der Waals surface area (Å²) in [5.41, 5.74) is 1.55. The minimum Gasteiger partial charge on any atom is -0.343 e. The molecule has 2 aromatic rings. The van der Waals surface area contributed by atoms with Crippen LogP contribution >= 0.6 is 0 Å². The molecule has 1 aliphatic heterocycles. The maximum Gasteiger partial charge on any atom is 0.251 e. The average Bonchev–Trinajstić information content (AvgIpc) is 2.90. The first-order chi connectivity index (χ1) is 14.2. The molecule has 0 aliphatic carbocycles. The lowest BCUT2D eigenvalue weighted by Gasteiger charge is -2.22. The molecule has 1 saturated heterocycles. The number of carbonyl (C=O) groups is 2. The van der Waals surface area contributed by atoms with Gasteiger partial charge in [-0.25, -0.2) is 8.42 Å². The topological polar surface area (TPSA) is 105 Å². The molecule has 3 rings (SSSR count). The van der Waals surface area contributed by atoms with Gasteiger partial charge in [0.25, 0.3) is 5.91 Å². The van der Waals surface area contributed by atoms with E-state index in [4.69, 9.17) is 0 Å². The van der Waals surface area contributed by atoms with Gasteiger partial charge in [-0.2, -0.15) is 9.40 Å². The van der Waals surface area contributed by atoms with Gasteiger partial charge in [-0.1, -0.05) is 18.2 Å². The normalized spacial score (nSPS) is 15.6. The molecule has 0 saturated carbocycles. The maximum atomic E-state index is 13.2. The van der Waals surface area contributed by atoms with Crippen molar-refractivity contribution < 1.29 is 18.0 Å². The number of aromatic nitrogens is 2. The molecule has 30 heavy (non-hydrogen) atoms. The fraction of sp³-hybridized carbons (Fsp3) is 0.450. The summed E-state index contributed by atoms with van der Waals surface area (Å²) in [7, 11) is -1.98. The molecule has 0 atom stereocenters. The van der Waals surface area contributed by atoms with Gasteiger partial charge in [-0.15, -0.1) is 0 Å². The first kappa shape index (κ1) is 22.0. The zero-order valence-corrected chi connectivity index (χ0v) is 18.3. The molecular formula is C20H27N5O4S. The van der Waals surface area contributed by atoms with E-state index in [0.717, 1.165) is 0 Å². The number of nitrogens with one attached hydrogen (secondary N) is 1. The monoisotopic (exact) mass is 433 g/mol. The van der Waals surface area contributed by atoms with Gasteiger partial charge in [-0.05, 0) is 32.4 Å². The highest BCUT2D eigenvalue weighted by molar-refractivity contribution is 7.89. The van der Waals surface area contributed by atoms with Crippen LogP contribution in [0.25, 0.3) is 0 Å². The molecule has 0 unspecified atom stereocenters. The number of nitrogens with zero attached hydrogens (tertiary/aromatic N) is 4. The molecule has 10 heteroatoms. The predicted octanol–water partition coefficient (Wildman–Crippen LogP) is 0.690. The van der Waals surface area contributed by atoms with E-state index in [1.54, 1.807) is 54.7 Å². The fourth-order valence-electron chi connectivity index (χ4n) is 3.60. The molecule has 0 radical (unpaired) electrons. The number of rotatable bonds is 5. The van der Waals surface area contributed by atoms with Crippen LogP contribution in [0.2, 0.25) is 0 Å². The van der Waals surface area contributed by atoms with E-state index in [-0.39, 0.29) is 36.3 Å². The van der Waals surface area contributed by atoms with Crippen molar-refractivity contribution in [2.45, 2.75) is 25.2 Å². The van der Waals surface area contributed by atoms with E-state index in [0.29, 0.717) is 36.5 Å². The molecule has 162 valence electrons. The van der Waals surface area contributed by atoms with Crippen LogP contribution in [0.4, 0.5) is 0 Å². The SMILES string of the molecule is Cc1nn(C)c(C)c1S(=O)(=O)N1CCCN(C(=O)CNC(=O)c2ccccc2)CC1. The number of hydrogen-bond acceptors (Lipinski definition) is 5. The minimum atomic E-state index is -3.69. The van der Waals surface area contributed by atoms with Gasteiger partial charge in [0.1, 0.15) is 4.90 Å². The Kier molecular flexibility index (Phi) is 6.57. The number of carbonyl (C=O) groups excluding carboxylic acids is 2. The molecule has 1 fully saturated rings. The molecule has 1 aromatic heterocycles. The van der Waals surface area contributed by atoms with E-state index in [9.17, 15) is 18.0 Å².